The van der Waals surface area contributed by atoms with Crippen molar-refractivity contribution in [3.8, 4) is 17.1 Å². The third-order valence-electron chi connectivity index (χ3n) is 4.34. The normalized spacial score (nSPS) is 10.7. The summed E-state index contributed by atoms with van der Waals surface area (Å²) in [5, 5.41) is 0. The van der Waals surface area contributed by atoms with Crippen molar-refractivity contribution < 1.29 is 4.74 Å². The molecular weight excluding hydrogens is 324 g/mol. The molecule has 0 aliphatic rings. The fourth-order valence-electron chi connectivity index (χ4n) is 2.86. The lowest BCUT2D eigenvalue weighted by molar-refractivity contribution is 0.302. The molecule has 0 amide bonds. The van der Waals surface area contributed by atoms with Crippen LogP contribution in [0.4, 0.5) is 5.69 Å². The minimum absolute atomic E-state index is 0.455. The van der Waals surface area contributed by atoms with Crippen LogP contribution in [0.1, 0.15) is 31.9 Å². The average Bonchev–Trinajstić information content (AvgIpc) is 3.22. The number of hydrogen-bond acceptors (Lipinski definition) is 4. The maximum Gasteiger partial charge on any atom is 0.143 e. The molecule has 2 aromatic heterocycles. The van der Waals surface area contributed by atoms with E-state index in [1.807, 2.05) is 36.5 Å². The molecule has 0 atom stereocenters. The molecule has 3 rings (SSSR count). The predicted molar refractivity (Wildman–Crippen MR) is 105 cm³/mol. The largest absolute Gasteiger partial charge is 0.485 e. The fourth-order valence-corrected chi connectivity index (χ4v) is 2.86. The van der Waals surface area contributed by atoms with E-state index >= 15 is 0 Å². The van der Waals surface area contributed by atoms with Crippen LogP contribution in [0.15, 0.2) is 55.0 Å². The third kappa shape index (κ3) is 4.63. The summed E-state index contributed by atoms with van der Waals surface area (Å²) in [4.78, 5) is 14.1. The Bertz CT molecular complexity index is 787. The van der Waals surface area contributed by atoms with Crippen molar-refractivity contribution in [3.05, 3.63) is 60.7 Å². The number of aromatic nitrogens is 3. The molecule has 3 aromatic rings. The molecule has 26 heavy (non-hydrogen) atoms. The van der Waals surface area contributed by atoms with Gasteiger partial charge in [0.15, 0.2) is 0 Å². The summed E-state index contributed by atoms with van der Waals surface area (Å²) in [6, 6.07) is 12.1. The van der Waals surface area contributed by atoms with E-state index in [1.54, 1.807) is 12.4 Å². The summed E-state index contributed by atoms with van der Waals surface area (Å²) in [6.07, 6.45) is 9.00. The highest BCUT2D eigenvalue weighted by atomic mass is 16.5. The topological polar surface area (TPSA) is 54.0 Å². The van der Waals surface area contributed by atoms with Crippen LogP contribution in [0.5, 0.6) is 5.75 Å². The van der Waals surface area contributed by atoms with Gasteiger partial charge >= 0.3 is 0 Å². The molecule has 0 radical (unpaired) electrons. The van der Waals surface area contributed by atoms with Crippen molar-refractivity contribution in [1.82, 2.24) is 15.0 Å². The summed E-state index contributed by atoms with van der Waals surface area (Å²) < 4.78 is 6.09. The van der Waals surface area contributed by atoms with E-state index in [4.69, 9.17) is 4.74 Å². The maximum atomic E-state index is 6.09. The summed E-state index contributed by atoms with van der Waals surface area (Å²) >= 11 is 0. The molecule has 0 saturated heterocycles. The van der Waals surface area contributed by atoms with Gasteiger partial charge < -0.3 is 14.6 Å². The Hall–Kier alpha value is -2.82. The number of unbranched alkanes of at least 4 members (excludes halogenated alkanes) is 2. The zero-order valence-corrected chi connectivity index (χ0v) is 15.5. The molecule has 5 heteroatoms. The van der Waals surface area contributed by atoms with Crippen LogP contribution < -0.4 is 9.64 Å². The lowest BCUT2D eigenvalue weighted by Gasteiger charge is -2.23. The molecule has 1 aromatic carbocycles. The number of nitrogens with one attached hydrogen (secondary N) is 1. The van der Waals surface area contributed by atoms with Gasteiger partial charge in [-0.15, -0.1) is 0 Å². The first kappa shape index (κ1) is 18.0. The molecule has 5 nitrogen and oxygen atoms in total. The summed E-state index contributed by atoms with van der Waals surface area (Å²) in [5.41, 5.74) is 3.05. The van der Waals surface area contributed by atoms with Crippen LogP contribution in [-0.4, -0.2) is 28.5 Å². The van der Waals surface area contributed by atoms with E-state index in [2.05, 4.69) is 39.9 Å². The molecule has 2 heterocycles. The second-order valence-electron chi connectivity index (χ2n) is 6.36. The summed E-state index contributed by atoms with van der Waals surface area (Å²) in [6.45, 7) is 3.67. The van der Waals surface area contributed by atoms with Crippen LogP contribution >= 0.6 is 0 Å². The van der Waals surface area contributed by atoms with E-state index < -0.39 is 0 Å². The fraction of sp³-hybridized carbons (Fsp3) is 0.333. The Kier molecular flexibility index (Phi) is 6.25. The molecule has 0 fully saturated rings. The lowest BCUT2D eigenvalue weighted by atomic mass is 10.1. The quantitative estimate of drug-likeness (QED) is 0.570. The minimum atomic E-state index is 0.455. The second kappa shape index (κ2) is 9.04. The number of imidazole rings is 1. The van der Waals surface area contributed by atoms with Gasteiger partial charge in [-0.05, 0) is 36.8 Å². The third-order valence-corrected chi connectivity index (χ3v) is 4.34. The summed E-state index contributed by atoms with van der Waals surface area (Å²) in [5.74, 6) is 1.73. The highest BCUT2D eigenvalue weighted by Gasteiger charge is 2.12. The zero-order chi connectivity index (χ0) is 18.2. The molecule has 0 bridgehead atoms. The van der Waals surface area contributed by atoms with Gasteiger partial charge in [0, 0.05) is 37.7 Å². The van der Waals surface area contributed by atoms with Crippen molar-refractivity contribution in [1.29, 1.82) is 0 Å². The number of ether oxygens (including phenoxy) is 1. The van der Waals surface area contributed by atoms with Crippen LogP contribution in [0.25, 0.3) is 11.4 Å². The minimum Gasteiger partial charge on any atom is -0.485 e. The van der Waals surface area contributed by atoms with Crippen molar-refractivity contribution in [2.75, 3.05) is 18.5 Å². The predicted octanol–water partition coefficient (Wildman–Crippen LogP) is 4.68. The van der Waals surface area contributed by atoms with E-state index in [9.17, 15) is 0 Å². The van der Waals surface area contributed by atoms with Crippen molar-refractivity contribution in [2.24, 2.45) is 0 Å². The number of rotatable bonds is 9. The van der Waals surface area contributed by atoms with E-state index in [0.717, 1.165) is 41.5 Å². The number of pyridine rings is 1. The van der Waals surface area contributed by atoms with Crippen molar-refractivity contribution in [2.45, 2.75) is 32.8 Å². The molecule has 0 aliphatic carbocycles. The molecule has 0 spiro atoms. The van der Waals surface area contributed by atoms with Gasteiger partial charge in [-0.1, -0.05) is 25.8 Å². The zero-order valence-electron chi connectivity index (χ0n) is 15.5. The Balaban J connectivity index is 1.81. The van der Waals surface area contributed by atoms with Gasteiger partial charge in [0.2, 0.25) is 0 Å². The van der Waals surface area contributed by atoms with Crippen LogP contribution in [0.3, 0.4) is 0 Å². The standard InChI is InChI=1S/C21H26N4O/c1-3-4-7-14-25(2)19-15-17(21-23-12-13-24-21)9-10-20(19)26-16-18-8-5-6-11-22-18/h5-6,8-13,15H,3-4,7,14,16H2,1-2H3,(H,23,24). The Morgan fingerprint density at radius 3 is 2.73 bits per heavy atom. The van der Waals surface area contributed by atoms with Gasteiger partial charge in [0.1, 0.15) is 18.2 Å². The first-order valence-corrected chi connectivity index (χ1v) is 9.15. The number of hydrogen-bond donors (Lipinski definition) is 1. The van der Waals surface area contributed by atoms with Gasteiger partial charge in [0.25, 0.3) is 0 Å². The van der Waals surface area contributed by atoms with Crippen LogP contribution in [0, 0.1) is 0 Å². The number of anilines is 1. The molecule has 136 valence electrons. The van der Waals surface area contributed by atoms with Gasteiger partial charge in [-0.3, -0.25) is 4.98 Å². The van der Waals surface area contributed by atoms with Crippen molar-refractivity contribution in [3.63, 3.8) is 0 Å². The smallest absolute Gasteiger partial charge is 0.143 e. The summed E-state index contributed by atoms with van der Waals surface area (Å²) in [7, 11) is 2.12. The van der Waals surface area contributed by atoms with E-state index in [1.165, 1.54) is 12.8 Å². The van der Waals surface area contributed by atoms with Crippen molar-refractivity contribution >= 4 is 5.69 Å². The molecule has 0 unspecified atom stereocenters. The SMILES string of the molecule is CCCCCN(C)c1cc(-c2ncc[nH]2)ccc1OCc1ccccn1. The lowest BCUT2D eigenvalue weighted by Crippen LogP contribution is -2.19. The second-order valence-corrected chi connectivity index (χ2v) is 6.36. The maximum absolute atomic E-state index is 6.09. The number of nitrogens with zero attached hydrogens (tertiary/aromatic N) is 3. The van der Waals surface area contributed by atoms with Crippen LogP contribution in [0.2, 0.25) is 0 Å². The first-order valence-electron chi connectivity index (χ1n) is 9.15. The van der Waals surface area contributed by atoms with E-state index in [0.29, 0.717) is 6.61 Å². The Labute approximate surface area is 155 Å². The number of H-pyrrole nitrogens is 1. The average molecular weight is 350 g/mol. The monoisotopic (exact) mass is 350 g/mol. The number of benzene rings is 1. The van der Waals surface area contributed by atoms with Crippen LogP contribution in [-0.2, 0) is 6.61 Å². The van der Waals surface area contributed by atoms with Gasteiger partial charge in [-0.2, -0.15) is 0 Å². The highest BCUT2D eigenvalue weighted by Crippen LogP contribution is 2.32. The number of aromatic amines is 1. The molecule has 1 N–H and O–H groups in total. The highest BCUT2D eigenvalue weighted by molar-refractivity contribution is 5.69. The van der Waals surface area contributed by atoms with E-state index in [-0.39, 0.29) is 0 Å². The molecule has 0 aliphatic heterocycles. The molecular formula is C21H26N4O. The first-order chi connectivity index (χ1) is 12.8. The molecule has 0 saturated carbocycles. The Morgan fingerprint density at radius 1 is 1.08 bits per heavy atom. The Morgan fingerprint density at radius 2 is 2.00 bits per heavy atom. The van der Waals surface area contributed by atoms with Gasteiger partial charge in [0.05, 0.1) is 11.4 Å². The van der Waals surface area contributed by atoms with Gasteiger partial charge in [-0.25, -0.2) is 4.98 Å².